The molecule has 0 aromatic heterocycles. The van der Waals surface area contributed by atoms with Gasteiger partial charge in [0.2, 0.25) is 0 Å². The Balaban J connectivity index is 1.89. The number of hydrogen-bond acceptors (Lipinski definition) is 6. The minimum atomic E-state index is -1.27. The molecule has 1 N–H and O–H groups in total. The van der Waals surface area contributed by atoms with Crippen LogP contribution in [-0.4, -0.2) is 54.1 Å². The fraction of sp³-hybridized carbons (Fsp3) is 0.923. The smallest absolute Gasteiger partial charge is 0.309 e. The van der Waals surface area contributed by atoms with Gasteiger partial charge in [-0.25, -0.2) is 0 Å². The van der Waals surface area contributed by atoms with E-state index >= 15 is 0 Å². The Labute approximate surface area is 129 Å². The molecule has 0 radical (unpaired) electrons. The van der Waals surface area contributed by atoms with Gasteiger partial charge in [-0.2, -0.15) is 0 Å². The van der Waals surface area contributed by atoms with Crippen LogP contribution in [-0.2, 0) is 35.9 Å². The van der Waals surface area contributed by atoms with Crippen LogP contribution in [0, 0.1) is 5.92 Å². The molecule has 7 unspecified atom stereocenters. The Kier molecular flexibility index (Phi) is 5.93. The maximum Gasteiger partial charge on any atom is 0.309 e. The number of esters is 1. The molecule has 7 atom stereocenters. The third-order valence-electron chi connectivity index (χ3n) is 3.92. The van der Waals surface area contributed by atoms with Gasteiger partial charge in [-0.05, 0) is 6.42 Å². The number of rotatable bonds is 8. The van der Waals surface area contributed by atoms with Gasteiger partial charge in [-0.3, -0.25) is 13.2 Å². The quantitative estimate of drug-likeness (QED) is 0.639. The highest BCUT2D eigenvalue weighted by Gasteiger charge is 2.41. The Morgan fingerprint density at radius 2 is 2.00 bits per heavy atom. The molecule has 2 heterocycles. The molecular formula is C13H22O6S2. The second kappa shape index (κ2) is 7.30. The maximum atomic E-state index is 12.5. The summed E-state index contributed by atoms with van der Waals surface area (Å²) in [6, 6.07) is 0. The first-order chi connectivity index (χ1) is 9.92. The van der Waals surface area contributed by atoms with Gasteiger partial charge in [0, 0.05) is 45.4 Å². The van der Waals surface area contributed by atoms with Crippen LogP contribution in [0.1, 0.15) is 33.1 Å². The molecule has 122 valence electrons. The summed E-state index contributed by atoms with van der Waals surface area (Å²) in [7, 11) is -2.47. The zero-order valence-corrected chi connectivity index (χ0v) is 13.9. The van der Waals surface area contributed by atoms with E-state index in [0.29, 0.717) is 30.8 Å². The van der Waals surface area contributed by atoms with Crippen LogP contribution in [0.2, 0.25) is 0 Å². The normalized spacial score (nSPS) is 34.0. The lowest BCUT2D eigenvalue weighted by Crippen LogP contribution is -2.48. The summed E-state index contributed by atoms with van der Waals surface area (Å²) >= 11 is 0. The fourth-order valence-corrected chi connectivity index (χ4v) is 6.57. The van der Waals surface area contributed by atoms with Crippen molar-refractivity contribution in [2.75, 3.05) is 11.5 Å². The molecule has 0 aromatic rings. The van der Waals surface area contributed by atoms with Crippen LogP contribution in [0.25, 0.3) is 0 Å². The minimum Gasteiger partial charge on any atom is -0.462 e. The molecule has 0 aromatic carbocycles. The lowest BCUT2D eigenvalue weighted by Gasteiger charge is -2.39. The molecule has 2 fully saturated rings. The van der Waals surface area contributed by atoms with Crippen LogP contribution in [0.15, 0.2) is 0 Å². The van der Waals surface area contributed by atoms with Crippen molar-refractivity contribution in [3.63, 3.8) is 0 Å². The first kappa shape index (κ1) is 17.1. The molecule has 2 rings (SSSR count). The van der Waals surface area contributed by atoms with Crippen molar-refractivity contribution in [2.45, 2.75) is 56.2 Å². The molecule has 21 heavy (non-hydrogen) atoms. The Morgan fingerprint density at radius 3 is 2.48 bits per heavy atom. The van der Waals surface area contributed by atoms with Crippen LogP contribution in [0.5, 0.6) is 0 Å². The summed E-state index contributed by atoms with van der Waals surface area (Å²) in [5.74, 6) is 0.450. The summed E-state index contributed by atoms with van der Waals surface area (Å²) in [4.78, 5) is 10.7. The molecule has 8 heteroatoms. The molecule has 0 bridgehead atoms. The van der Waals surface area contributed by atoms with Crippen LogP contribution < -0.4 is 0 Å². The van der Waals surface area contributed by atoms with E-state index in [1.807, 2.05) is 6.92 Å². The van der Waals surface area contributed by atoms with E-state index in [1.54, 1.807) is 6.92 Å². The summed E-state index contributed by atoms with van der Waals surface area (Å²) < 4.78 is 34.4. The van der Waals surface area contributed by atoms with E-state index in [0.717, 1.165) is 0 Å². The molecule has 0 amide bonds. The largest absolute Gasteiger partial charge is 0.462 e. The number of aliphatic hydroxyl groups is 1. The topological polar surface area (TPSA) is 89.9 Å². The molecule has 2 aliphatic heterocycles. The van der Waals surface area contributed by atoms with E-state index in [1.165, 1.54) is 0 Å². The maximum absolute atomic E-state index is 12.5. The van der Waals surface area contributed by atoms with Crippen molar-refractivity contribution >= 4 is 27.6 Å². The van der Waals surface area contributed by atoms with E-state index in [9.17, 15) is 18.3 Å². The van der Waals surface area contributed by atoms with E-state index < -0.39 is 32.5 Å². The number of aliphatic hydroxyl groups excluding tert-OH is 1. The zero-order chi connectivity index (χ0) is 15.6. The summed E-state index contributed by atoms with van der Waals surface area (Å²) in [6.45, 7) is 3.67. The predicted octanol–water partition coefficient (Wildman–Crippen LogP) is 0.279. The molecule has 2 aliphatic rings. The lowest BCUT2D eigenvalue weighted by atomic mass is 9.99. The van der Waals surface area contributed by atoms with Crippen LogP contribution in [0.4, 0.5) is 0 Å². The fourth-order valence-electron chi connectivity index (χ4n) is 2.55. The van der Waals surface area contributed by atoms with Gasteiger partial charge in [-0.15, -0.1) is 0 Å². The standard InChI is InChI=1S/C13H22O6S2/c1-3-20(16)13(8(2)10-7-12(15)19-10)21(17)5-4-9-6-11(14)18-9/h8-10,12-13,15H,3-7H2,1-2H3. The first-order valence-electron chi connectivity index (χ1n) is 7.19. The van der Waals surface area contributed by atoms with Gasteiger partial charge in [-0.1, -0.05) is 13.8 Å². The highest BCUT2D eigenvalue weighted by atomic mass is 32.2. The highest BCUT2D eigenvalue weighted by molar-refractivity contribution is 8.03. The van der Waals surface area contributed by atoms with Gasteiger partial charge in [0.05, 0.1) is 12.5 Å². The van der Waals surface area contributed by atoms with Gasteiger partial charge in [0.25, 0.3) is 0 Å². The monoisotopic (exact) mass is 338 g/mol. The van der Waals surface area contributed by atoms with Gasteiger partial charge in [0.15, 0.2) is 6.29 Å². The Hall–Kier alpha value is -0.310. The molecule has 2 saturated heterocycles. The van der Waals surface area contributed by atoms with Gasteiger partial charge in [0.1, 0.15) is 10.7 Å². The van der Waals surface area contributed by atoms with Crippen molar-refractivity contribution in [1.82, 2.24) is 0 Å². The first-order valence-corrected chi connectivity index (χ1v) is 9.96. The number of ether oxygens (including phenoxy) is 2. The minimum absolute atomic E-state index is 0.140. The van der Waals surface area contributed by atoms with Crippen LogP contribution >= 0.6 is 0 Å². The summed E-state index contributed by atoms with van der Waals surface area (Å²) in [5, 5.41) is 9.20. The Bertz CT molecular complexity index is 426. The van der Waals surface area contributed by atoms with Crippen molar-refractivity contribution < 1.29 is 27.8 Å². The lowest BCUT2D eigenvalue weighted by molar-refractivity contribution is -0.244. The molecule has 0 saturated carbocycles. The Morgan fingerprint density at radius 1 is 1.38 bits per heavy atom. The third kappa shape index (κ3) is 4.12. The molecule has 6 nitrogen and oxygen atoms in total. The average molecular weight is 338 g/mol. The SMILES string of the molecule is CCS(=O)C(C(C)C1CC(O)O1)S(=O)CCC1CC(=O)O1. The van der Waals surface area contributed by atoms with Crippen molar-refractivity contribution in [3.05, 3.63) is 0 Å². The van der Waals surface area contributed by atoms with Gasteiger partial charge >= 0.3 is 5.97 Å². The van der Waals surface area contributed by atoms with Crippen molar-refractivity contribution in [1.29, 1.82) is 0 Å². The summed E-state index contributed by atoms with van der Waals surface area (Å²) in [5.41, 5.74) is 0. The zero-order valence-electron chi connectivity index (χ0n) is 12.2. The third-order valence-corrected chi connectivity index (χ3v) is 8.31. The number of cyclic esters (lactones) is 1. The van der Waals surface area contributed by atoms with Gasteiger partial charge < -0.3 is 14.6 Å². The van der Waals surface area contributed by atoms with Crippen LogP contribution in [0.3, 0.4) is 0 Å². The van der Waals surface area contributed by atoms with E-state index in [2.05, 4.69) is 0 Å². The van der Waals surface area contributed by atoms with Crippen molar-refractivity contribution in [2.24, 2.45) is 5.92 Å². The predicted molar refractivity (Wildman–Crippen MR) is 79.3 cm³/mol. The molecule has 0 aliphatic carbocycles. The number of carbonyl (C=O) groups excluding carboxylic acids is 1. The van der Waals surface area contributed by atoms with E-state index in [-0.39, 0.29) is 24.1 Å². The molecular weight excluding hydrogens is 316 g/mol. The second-order valence-corrected chi connectivity index (χ2v) is 9.27. The van der Waals surface area contributed by atoms with Crippen molar-refractivity contribution in [3.8, 4) is 0 Å². The number of carbonyl (C=O) groups is 1. The average Bonchev–Trinajstić information content (AvgIpc) is 2.38. The molecule has 0 spiro atoms. The highest BCUT2D eigenvalue weighted by Crippen LogP contribution is 2.31. The van der Waals surface area contributed by atoms with E-state index in [4.69, 9.17) is 9.47 Å². The number of hydrogen-bond donors (Lipinski definition) is 1. The summed E-state index contributed by atoms with van der Waals surface area (Å²) in [6.07, 6.45) is 0.329. The second-order valence-electron chi connectivity index (χ2n) is 5.45.